The second-order valence-corrected chi connectivity index (χ2v) is 10.3. The van der Waals surface area contributed by atoms with Gasteiger partial charge in [-0.05, 0) is 60.4 Å². The van der Waals surface area contributed by atoms with Gasteiger partial charge < -0.3 is 0 Å². The smallest absolute Gasteiger partial charge is 0.276 e. The van der Waals surface area contributed by atoms with Gasteiger partial charge >= 0.3 is 31.1 Å². The molecule has 178 valence electrons. The fourth-order valence-corrected chi connectivity index (χ4v) is 4.15. The number of hydrogen-bond donors (Lipinski definition) is 2. The minimum absolute atomic E-state index is 0.288. The van der Waals surface area contributed by atoms with E-state index in [0.717, 1.165) is 12.1 Å². The number of sulfonamides is 2. The van der Waals surface area contributed by atoms with Crippen LogP contribution in [0.15, 0.2) is 36.4 Å². The number of nitrogens with one attached hydrogen (secondary N) is 2. The summed E-state index contributed by atoms with van der Waals surface area (Å²) in [5.74, 6) is -0.392. The third kappa shape index (κ3) is 5.46. The van der Waals surface area contributed by atoms with Crippen LogP contribution in [0.1, 0.15) is 35.1 Å². The molecule has 0 saturated heterocycles. The molecule has 14 heteroatoms. The van der Waals surface area contributed by atoms with E-state index in [2.05, 4.69) is 0 Å². The average molecular weight is 504 g/mol. The number of rotatable bonds is 6. The summed E-state index contributed by atoms with van der Waals surface area (Å²) >= 11 is 0. The largest absolute Gasteiger partial charge is 0.516 e. The van der Waals surface area contributed by atoms with Crippen molar-refractivity contribution in [1.29, 1.82) is 0 Å². The fraction of sp³-hybridized carbons (Fsp3) is 0.333. The topological polar surface area (TPSA) is 92.3 Å². The molecule has 0 aliphatic rings. The SMILES string of the molecule is Cc1cc(NS(=O)(=O)C(F)(F)F)ccc1C(C)c1ccc(NS(=O)(=O)C(F)(F)F)cc1C. The highest BCUT2D eigenvalue weighted by molar-refractivity contribution is 7.93. The molecule has 2 N–H and O–H groups in total. The Morgan fingerprint density at radius 1 is 0.688 bits per heavy atom. The molecule has 0 unspecified atom stereocenters. The van der Waals surface area contributed by atoms with Gasteiger partial charge in [0, 0.05) is 17.3 Å². The summed E-state index contributed by atoms with van der Waals surface area (Å²) in [5, 5.41) is 0. The number of hydrogen-bond acceptors (Lipinski definition) is 4. The Kier molecular flexibility index (Phi) is 6.82. The first-order valence-electron chi connectivity index (χ1n) is 8.75. The van der Waals surface area contributed by atoms with E-state index in [-0.39, 0.29) is 11.4 Å². The van der Waals surface area contributed by atoms with E-state index in [0.29, 0.717) is 22.3 Å². The quantitative estimate of drug-likeness (QED) is 0.543. The minimum Gasteiger partial charge on any atom is -0.276 e. The van der Waals surface area contributed by atoms with Crippen LogP contribution < -0.4 is 9.44 Å². The lowest BCUT2D eigenvalue weighted by Crippen LogP contribution is -2.30. The van der Waals surface area contributed by atoms with E-state index in [1.165, 1.54) is 33.7 Å². The van der Waals surface area contributed by atoms with Crippen LogP contribution in [0.3, 0.4) is 0 Å². The molecule has 0 atom stereocenters. The Hall–Kier alpha value is -2.48. The van der Waals surface area contributed by atoms with E-state index in [4.69, 9.17) is 0 Å². The van der Waals surface area contributed by atoms with Gasteiger partial charge in [-0.2, -0.15) is 43.2 Å². The van der Waals surface area contributed by atoms with Crippen LogP contribution in [0.25, 0.3) is 0 Å². The molecule has 6 nitrogen and oxygen atoms in total. The molecule has 2 aromatic carbocycles. The van der Waals surface area contributed by atoms with Crippen molar-refractivity contribution in [2.75, 3.05) is 9.44 Å². The van der Waals surface area contributed by atoms with E-state index < -0.39 is 37.0 Å². The predicted molar refractivity (Wildman–Crippen MR) is 107 cm³/mol. The Morgan fingerprint density at radius 2 is 1.00 bits per heavy atom. The fourth-order valence-electron chi connectivity index (χ4n) is 3.04. The van der Waals surface area contributed by atoms with Crippen LogP contribution in [-0.2, 0) is 20.0 Å². The van der Waals surface area contributed by atoms with Crippen LogP contribution >= 0.6 is 0 Å². The third-order valence-electron chi connectivity index (χ3n) is 4.59. The van der Waals surface area contributed by atoms with Crippen molar-refractivity contribution in [3.8, 4) is 0 Å². The van der Waals surface area contributed by atoms with Gasteiger partial charge in [-0.3, -0.25) is 9.44 Å². The predicted octanol–water partition coefficient (Wildman–Crippen LogP) is 4.98. The molecule has 0 aliphatic heterocycles. The van der Waals surface area contributed by atoms with Crippen molar-refractivity contribution >= 4 is 31.4 Å². The summed E-state index contributed by atoms with van der Waals surface area (Å²) in [6.07, 6.45) is 0. The molecule has 2 rings (SSSR count). The van der Waals surface area contributed by atoms with Gasteiger partial charge in [-0.25, -0.2) is 0 Å². The minimum atomic E-state index is -5.58. The highest BCUT2D eigenvalue weighted by Gasteiger charge is 2.46. The molecule has 0 fully saturated rings. The highest BCUT2D eigenvalue weighted by atomic mass is 32.2. The van der Waals surface area contributed by atoms with Gasteiger partial charge in [0.2, 0.25) is 0 Å². The number of halogens is 6. The summed E-state index contributed by atoms with van der Waals surface area (Å²) < 4.78 is 123. The summed E-state index contributed by atoms with van der Waals surface area (Å²) in [4.78, 5) is 0. The number of alkyl halides is 6. The van der Waals surface area contributed by atoms with Gasteiger partial charge in [0.1, 0.15) is 0 Å². The van der Waals surface area contributed by atoms with E-state index in [9.17, 15) is 43.2 Å². The zero-order valence-corrected chi connectivity index (χ0v) is 18.4. The Bertz CT molecular complexity index is 1130. The molecule has 0 aromatic heterocycles. The molecule has 0 bridgehead atoms. The lowest BCUT2D eigenvalue weighted by Gasteiger charge is -2.20. The van der Waals surface area contributed by atoms with Crippen molar-refractivity contribution in [2.45, 2.75) is 37.7 Å². The first-order chi connectivity index (χ1) is 14.4. The lowest BCUT2D eigenvalue weighted by atomic mass is 9.87. The van der Waals surface area contributed by atoms with Gasteiger partial charge in [0.25, 0.3) is 0 Å². The zero-order valence-electron chi connectivity index (χ0n) is 16.8. The Labute approximate surface area is 180 Å². The molecule has 0 heterocycles. The van der Waals surface area contributed by atoms with Crippen LogP contribution in [0.2, 0.25) is 0 Å². The number of aryl methyl sites for hydroxylation is 2. The monoisotopic (exact) mass is 504 g/mol. The first kappa shape index (κ1) is 25.8. The molecule has 0 saturated carbocycles. The van der Waals surface area contributed by atoms with Crippen molar-refractivity contribution < 1.29 is 43.2 Å². The van der Waals surface area contributed by atoms with Gasteiger partial charge in [0.15, 0.2) is 0 Å². The van der Waals surface area contributed by atoms with Crippen LogP contribution in [0.4, 0.5) is 37.7 Å². The number of benzene rings is 2. The summed E-state index contributed by atoms with van der Waals surface area (Å²) in [7, 11) is -11.2. The maximum atomic E-state index is 12.5. The maximum Gasteiger partial charge on any atom is 0.516 e. The van der Waals surface area contributed by atoms with Crippen molar-refractivity contribution in [2.24, 2.45) is 0 Å². The normalized spacial score (nSPS) is 13.3. The Balaban J connectivity index is 2.31. The van der Waals surface area contributed by atoms with E-state index in [1.807, 2.05) is 0 Å². The van der Waals surface area contributed by atoms with E-state index >= 15 is 0 Å². The zero-order chi connectivity index (χ0) is 24.7. The second kappa shape index (κ2) is 8.46. The second-order valence-electron chi connectivity index (χ2n) is 6.97. The van der Waals surface area contributed by atoms with Crippen molar-refractivity contribution in [3.63, 3.8) is 0 Å². The molecule has 0 spiro atoms. The molecular formula is C18H18F6N2O4S2. The van der Waals surface area contributed by atoms with E-state index in [1.54, 1.807) is 20.8 Å². The molecule has 32 heavy (non-hydrogen) atoms. The van der Waals surface area contributed by atoms with Crippen molar-refractivity contribution in [1.82, 2.24) is 0 Å². The number of anilines is 2. The summed E-state index contributed by atoms with van der Waals surface area (Å²) in [6.45, 7) is 4.83. The standard InChI is InChI=1S/C18H18F6N2O4S2/c1-10-8-13(25-31(27,28)17(19,20)21)4-6-15(10)12(3)16-7-5-14(9-11(16)2)26-32(29,30)18(22,23)24/h4-9,12,25-26H,1-3H3. The van der Waals surface area contributed by atoms with Crippen molar-refractivity contribution in [3.05, 3.63) is 58.7 Å². The molecule has 0 aliphatic carbocycles. The molecule has 0 amide bonds. The highest BCUT2D eigenvalue weighted by Crippen LogP contribution is 2.33. The maximum absolute atomic E-state index is 12.5. The average Bonchev–Trinajstić information content (AvgIpc) is 2.58. The lowest BCUT2D eigenvalue weighted by molar-refractivity contribution is -0.0435. The summed E-state index contributed by atoms with van der Waals surface area (Å²) in [5.41, 5.74) is -9.37. The van der Waals surface area contributed by atoms with Crippen LogP contribution in [0, 0.1) is 13.8 Å². The van der Waals surface area contributed by atoms with Gasteiger partial charge in [-0.15, -0.1) is 0 Å². The third-order valence-corrected chi connectivity index (χ3v) is 6.81. The molecular weight excluding hydrogens is 486 g/mol. The van der Waals surface area contributed by atoms with Gasteiger partial charge in [-0.1, -0.05) is 19.1 Å². The van der Waals surface area contributed by atoms with Crippen LogP contribution in [0.5, 0.6) is 0 Å². The summed E-state index contributed by atoms with van der Waals surface area (Å²) in [6, 6.07) is 7.60. The molecule has 2 aromatic rings. The van der Waals surface area contributed by atoms with Gasteiger partial charge in [0.05, 0.1) is 0 Å². The van der Waals surface area contributed by atoms with Crippen LogP contribution in [-0.4, -0.2) is 27.9 Å². The first-order valence-corrected chi connectivity index (χ1v) is 11.7. The molecule has 0 radical (unpaired) electrons. The Morgan fingerprint density at radius 3 is 1.25 bits per heavy atom.